The lowest BCUT2D eigenvalue weighted by molar-refractivity contribution is -0.384. The van der Waals surface area contributed by atoms with E-state index in [9.17, 15) is 14.9 Å². The van der Waals surface area contributed by atoms with Gasteiger partial charge >= 0.3 is 5.97 Å². The summed E-state index contributed by atoms with van der Waals surface area (Å²) >= 11 is 5.75. The first-order valence-electron chi connectivity index (χ1n) is 5.43. The van der Waals surface area contributed by atoms with Crippen molar-refractivity contribution in [3.63, 3.8) is 0 Å². The lowest BCUT2D eigenvalue weighted by Crippen LogP contribution is -2.32. The Kier molecular flexibility index (Phi) is 4.72. The molecule has 19 heavy (non-hydrogen) atoms. The van der Waals surface area contributed by atoms with Gasteiger partial charge < -0.3 is 9.47 Å². The number of hydrogen-bond donors (Lipinski definition) is 0. The molecule has 0 spiro atoms. The van der Waals surface area contributed by atoms with E-state index in [2.05, 4.69) is 4.74 Å². The van der Waals surface area contributed by atoms with Gasteiger partial charge in [0, 0.05) is 12.1 Å². The van der Waals surface area contributed by atoms with Crippen molar-refractivity contribution in [2.24, 2.45) is 5.41 Å². The summed E-state index contributed by atoms with van der Waals surface area (Å²) in [6.45, 7) is 3.42. The predicted octanol–water partition coefficient (Wildman–Crippen LogP) is 2.83. The molecule has 0 aromatic heterocycles. The van der Waals surface area contributed by atoms with E-state index in [0.29, 0.717) is 5.75 Å². The summed E-state index contributed by atoms with van der Waals surface area (Å²) in [5.41, 5.74) is -1.01. The Morgan fingerprint density at radius 3 is 2.58 bits per heavy atom. The van der Waals surface area contributed by atoms with Gasteiger partial charge in [-0.3, -0.25) is 14.9 Å². The fraction of sp³-hybridized carbons (Fsp3) is 0.417. The van der Waals surface area contributed by atoms with Gasteiger partial charge in [0.25, 0.3) is 5.69 Å². The minimum atomic E-state index is -0.816. The van der Waals surface area contributed by atoms with Crippen molar-refractivity contribution in [2.45, 2.75) is 13.8 Å². The van der Waals surface area contributed by atoms with Gasteiger partial charge in [-0.15, -0.1) is 0 Å². The van der Waals surface area contributed by atoms with Gasteiger partial charge in [0.2, 0.25) is 0 Å². The van der Waals surface area contributed by atoms with Crippen LogP contribution in [0.25, 0.3) is 0 Å². The second-order valence-corrected chi connectivity index (χ2v) is 4.94. The van der Waals surface area contributed by atoms with Crippen LogP contribution in [-0.4, -0.2) is 24.6 Å². The summed E-state index contributed by atoms with van der Waals surface area (Å²) in [4.78, 5) is 21.5. The number of carbonyl (C=O) groups is 1. The minimum Gasteiger partial charge on any atom is -0.492 e. The van der Waals surface area contributed by atoms with Crippen LogP contribution in [0.4, 0.5) is 5.69 Å². The molecule has 0 unspecified atom stereocenters. The zero-order valence-corrected chi connectivity index (χ0v) is 11.6. The number of nitro benzene ring substituents is 1. The number of nitro groups is 1. The molecule has 0 radical (unpaired) electrons. The van der Waals surface area contributed by atoms with E-state index < -0.39 is 16.3 Å². The highest BCUT2D eigenvalue weighted by molar-refractivity contribution is 6.32. The second kappa shape index (κ2) is 5.88. The molecule has 1 rings (SSSR count). The quantitative estimate of drug-likeness (QED) is 0.473. The topological polar surface area (TPSA) is 78.7 Å². The molecule has 0 atom stereocenters. The van der Waals surface area contributed by atoms with Gasteiger partial charge in [-0.2, -0.15) is 0 Å². The van der Waals surface area contributed by atoms with Crippen LogP contribution >= 0.6 is 11.6 Å². The van der Waals surface area contributed by atoms with Crippen LogP contribution in [0.5, 0.6) is 5.75 Å². The molecule has 1 aromatic rings. The lowest BCUT2D eigenvalue weighted by Gasteiger charge is -2.21. The molecule has 0 aliphatic heterocycles. The minimum absolute atomic E-state index is 0.0154. The third kappa shape index (κ3) is 3.82. The predicted molar refractivity (Wildman–Crippen MR) is 69.4 cm³/mol. The van der Waals surface area contributed by atoms with Crippen LogP contribution in [0.15, 0.2) is 18.2 Å². The van der Waals surface area contributed by atoms with Crippen LogP contribution < -0.4 is 4.74 Å². The van der Waals surface area contributed by atoms with Gasteiger partial charge in [-0.25, -0.2) is 0 Å². The number of benzene rings is 1. The summed E-state index contributed by atoms with van der Waals surface area (Å²) in [5, 5.41) is 10.6. The van der Waals surface area contributed by atoms with E-state index >= 15 is 0 Å². The Labute approximate surface area is 115 Å². The molecule has 0 N–H and O–H groups in total. The summed E-state index contributed by atoms with van der Waals surface area (Å²) in [7, 11) is 1.30. The van der Waals surface area contributed by atoms with Crippen molar-refractivity contribution in [1.82, 2.24) is 0 Å². The van der Waals surface area contributed by atoms with Crippen LogP contribution in [0, 0.1) is 15.5 Å². The number of esters is 1. The molecule has 0 amide bonds. The third-order valence-corrected chi connectivity index (χ3v) is 2.76. The maximum absolute atomic E-state index is 11.4. The highest BCUT2D eigenvalue weighted by Gasteiger charge is 2.29. The van der Waals surface area contributed by atoms with E-state index in [1.54, 1.807) is 13.8 Å². The second-order valence-electron chi connectivity index (χ2n) is 4.53. The maximum Gasteiger partial charge on any atom is 0.314 e. The summed E-state index contributed by atoms with van der Waals surface area (Å²) in [5.74, 6) is -0.0481. The molecule has 7 heteroatoms. The Morgan fingerprint density at radius 2 is 2.11 bits per heavy atom. The zero-order valence-electron chi connectivity index (χ0n) is 10.8. The number of carbonyl (C=O) groups excluding carboxylic acids is 1. The largest absolute Gasteiger partial charge is 0.492 e. The van der Waals surface area contributed by atoms with Crippen LogP contribution in [0.1, 0.15) is 13.8 Å². The average molecular weight is 288 g/mol. The number of ether oxygens (including phenoxy) is 2. The molecule has 0 saturated heterocycles. The van der Waals surface area contributed by atoms with Crippen LogP contribution in [0.2, 0.25) is 5.02 Å². The highest BCUT2D eigenvalue weighted by Crippen LogP contribution is 2.29. The van der Waals surface area contributed by atoms with Crippen molar-refractivity contribution < 1.29 is 19.2 Å². The number of methoxy groups -OCH3 is 1. The molecule has 0 fully saturated rings. The maximum atomic E-state index is 11.4. The summed E-state index contributed by atoms with van der Waals surface area (Å²) < 4.78 is 10.0. The van der Waals surface area contributed by atoms with E-state index in [1.807, 2.05) is 0 Å². The van der Waals surface area contributed by atoms with Crippen LogP contribution in [-0.2, 0) is 9.53 Å². The fourth-order valence-electron chi connectivity index (χ4n) is 1.32. The molecule has 0 heterocycles. The fourth-order valence-corrected chi connectivity index (χ4v) is 1.56. The first-order chi connectivity index (χ1) is 8.77. The van der Waals surface area contributed by atoms with Gasteiger partial charge in [-0.1, -0.05) is 11.6 Å². The van der Waals surface area contributed by atoms with Gasteiger partial charge in [0.05, 0.1) is 17.4 Å². The molecule has 104 valence electrons. The van der Waals surface area contributed by atoms with Gasteiger partial charge in [-0.05, 0) is 19.9 Å². The van der Waals surface area contributed by atoms with Crippen molar-refractivity contribution in [2.75, 3.05) is 13.7 Å². The normalized spacial score (nSPS) is 10.9. The first kappa shape index (κ1) is 15.2. The van der Waals surface area contributed by atoms with E-state index in [1.165, 1.54) is 25.3 Å². The molecule has 0 aliphatic carbocycles. The number of nitrogens with zero attached hydrogens (tertiary/aromatic N) is 1. The molecule has 6 nitrogen and oxygen atoms in total. The number of rotatable bonds is 5. The zero-order chi connectivity index (χ0) is 14.6. The molecule has 0 saturated carbocycles. The third-order valence-electron chi connectivity index (χ3n) is 2.45. The van der Waals surface area contributed by atoms with E-state index in [4.69, 9.17) is 16.3 Å². The smallest absolute Gasteiger partial charge is 0.314 e. The molecule has 0 bridgehead atoms. The van der Waals surface area contributed by atoms with Gasteiger partial charge in [0.15, 0.2) is 0 Å². The lowest BCUT2D eigenvalue weighted by atomic mass is 9.95. The molecule has 0 aliphatic rings. The standard InChI is InChI=1S/C12H14ClNO5/c1-12(2,11(15)18-3)7-19-8-4-5-10(14(16)17)9(13)6-8/h4-6H,7H2,1-3H3. The number of hydrogen-bond acceptors (Lipinski definition) is 5. The van der Waals surface area contributed by atoms with Crippen molar-refractivity contribution in [3.8, 4) is 5.75 Å². The molecular formula is C12H14ClNO5. The Morgan fingerprint density at radius 1 is 1.47 bits per heavy atom. The van der Waals surface area contributed by atoms with Crippen LogP contribution in [0.3, 0.4) is 0 Å². The Bertz CT molecular complexity index is 501. The van der Waals surface area contributed by atoms with Gasteiger partial charge in [0.1, 0.15) is 17.4 Å². The summed E-state index contributed by atoms with van der Waals surface area (Å²) in [6.07, 6.45) is 0. The first-order valence-corrected chi connectivity index (χ1v) is 5.81. The summed E-state index contributed by atoms with van der Waals surface area (Å²) in [6, 6.07) is 4.02. The Hall–Kier alpha value is -1.82. The van der Waals surface area contributed by atoms with E-state index in [0.717, 1.165) is 0 Å². The van der Waals surface area contributed by atoms with Crippen molar-refractivity contribution in [3.05, 3.63) is 33.3 Å². The van der Waals surface area contributed by atoms with Crippen molar-refractivity contribution >= 4 is 23.3 Å². The SMILES string of the molecule is COC(=O)C(C)(C)COc1ccc([N+](=O)[O-])c(Cl)c1. The highest BCUT2D eigenvalue weighted by atomic mass is 35.5. The average Bonchev–Trinajstić information content (AvgIpc) is 2.35. The van der Waals surface area contributed by atoms with Crippen molar-refractivity contribution in [1.29, 1.82) is 0 Å². The molecule has 1 aromatic carbocycles. The molecular weight excluding hydrogens is 274 g/mol. The van der Waals surface area contributed by atoms with E-state index in [-0.39, 0.29) is 17.3 Å². The monoisotopic (exact) mass is 287 g/mol. The Balaban J connectivity index is 2.77. The number of halogens is 1.